The molecule has 1 aromatic rings. The van der Waals surface area contributed by atoms with E-state index in [-0.39, 0.29) is 0 Å². The van der Waals surface area contributed by atoms with Gasteiger partial charge in [-0.15, -0.1) is 0 Å². The zero-order chi connectivity index (χ0) is 13.2. The van der Waals surface area contributed by atoms with Crippen molar-refractivity contribution in [1.82, 2.24) is 0 Å². The van der Waals surface area contributed by atoms with E-state index in [0.29, 0.717) is 0 Å². The first-order valence-corrected chi connectivity index (χ1v) is 9.48. The molecule has 0 radical (unpaired) electrons. The first-order chi connectivity index (χ1) is 8.64. The Morgan fingerprint density at radius 1 is 1.00 bits per heavy atom. The van der Waals surface area contributed by atoms with E-state index in [9.17, 15) is 0 Å². The van der Waals surface area contributed by atoms with Crippen LogP contribution in [0.5, 0.6) is 0 Å². The summed E-state index contributed by atoms with van der Waals surface area (Å²) in [7, 11) is -1.46. The molecule has 2 rings (SSSR count). The van der Waals surface area contributed by atoms with E-state index in [1.54, 1.807) is 16.0 Å². The van der Waals surface area contributed by atoms with Gasteiger partial charge in [-0.1, -0.05) is 83.9 Å². The van der Waals surface area contributed by atoms with Gasteiger partial charge in [0.15, 0.2) is 0 Å². The largest absolute Gasteiger partial charge is 0.113 e. The van der Waals surface area contributed by atoms with Gasteiger partial charge in [0.25, 0.3) is 0 Å². The van der Waals surface area contributed by atoms with Crippen molar-refractivity contribution in [3.8, 4) is 0 Å². The lowest BCUT2D eigenvalue weighted by atomic mass is 10.3. The van der Waals surface area contributed by atoms with Gasteiger partial charge < -0.3 is 0 Å². The maximum absolute atomic E-state index is 2.39. The highest BCUT2D eigenvalue weighted by atomic mass is 28.3. The summed E-state index contributed by atoms with van der Waals surface area (Å²) in [6, 6.07) is 13.9. The predicted molar refractivity (Wildman–Crippen MR) is 83.9 cm³/mol. The Labute approximate surface area is 112 Å². The van der Waals surface area contributed by atoms with Crippen LogP contribution in [0.3, 0.4) is 0 Å². The van der Waals surface area contributed by atoms with Gasteiger partial charge in [-0.25, -0.2) is 0 Å². The van der Waals surface area contributed by atoms with Crippen LogP contribution in [0, 0.1) is 0 Å². The maximum Gasteiger partial charge on any atom is 0.113 e. The molecule has 0 fully saturated rings. The summed E-state index contributed by atoms with van der Waals surface area (Å²) in [4.78, 5) is 0. The molecule has 0 bridgehead atoms. The van der Waals surface area contributed by atoms with Gasteiger partial charge in [-0.3, -0.25) is 0 Å². The van der Waals surface area contributed by atoms with Crippen LogP contribution in [0.1, 0.15) is 34.1 Å². The predicted octanol–water partition coefficient (Wildman–Crippen LogP) is 4.59. The van der Waals surface area contributed by atoms with E-state index in [0.717, 1.165) is 0 Å². The van der Waals surface area contributed by atoms with Crippen LogP contribution in [0.2, 0.25) is 12.1 Å². The third kappa shape index (κ3) is 2.12. The summed E-state index contributed by atoms with van der Waals surface area (Å²) in [5, 5.41) is 3.39. The van der Waals surface area contributed by atoms with Gasteiger partial charge >= 0.3 is 0 Å². The van der Waals surface area contributed by atoms with Crippen molar-refractivity contribution in [2.75, 3.05) is 0 Å². The summed E-state index contributed by atoms with van der Waals surface area (Å²) >= 11 is 0. The second-order valence-electron chi connectivity index (χ2n) is 5.48. The van der Waals surface area contributed by atoms with Crippen molar-refractivity contribution >= 4 is 13.3 Å². The zero-order valence-corrected chi connectivity index (χ0v) is 13.1. The molecule has 0 spiro atoms. The molecule has 0 nitrogen and oxygen atoms in total. The SMILES string of the molecule is CC[Si](CC)(C1=C(C)C=C(C)C1)c1ccccc1. The highest BCUT2D eigenvalue weighted by Crippen LogP contribution is 2.36. The molecule has 96 valence electrons. The fraction of sp³-hybridized carbons (Fsp3) is 0.412. The van der Waals surface area contributed by atoms with Crippen molar-refractivity contribution in [3.05, 3.63) is 52.8 Å². The van der Waals surface area contributed by atoms with E-state index in [4.69, 9.17) is 0 Å². The van der Waals surface area contributed by atoms with E-state index >= 15 is 0 Å². The van der Waals surface area contributed by atoms with E-state index in [2.05, 4.69) is 64.1 Å². The lowest BCUT2D eigenvalue weighted by molar-refractivity contribution is 1.16. The topological polar surface area (TPSA) is 0 Å². The van der Waals surface area contributed by atoms with Gasteiger partial charge in [-0.05, 0) is 20.3 Å². The van der Waals surface area contributed by atoms with Crippen LogP contribution in [0.4, 0.5) is 0 Å². The van der Waals surface area contributed by atoms with Crippen LogP contribution in [-0.4, -0.2) is 8.07 Å². The van der Waals surface area contributed by atoms with Crippen molar-refractivity contribution in [3.63, 3.8) is 0 Å². The zero-order valence-electron chi connectivity index (χ0n) is 12.1. The summed E-state index contributed by atoms with van der Waals surface area (Å²) in [5.41, 5.74) is 3.09. The molecule has 0 unspecified atom stereocenters. The van der Waals surface area contributed by atoms with Gasteiger partial charge in [-0.2, -0.15) is 0 Å². The lowest BCUT2D eigenvalue weighted by Crippen LogP contribution is -2.48. The molecule has 0 aromatic heterocycles. The second-order valence-corrected chi connectivity index (χ2v) is 10.2. The van der Waals surface area contributed by atoms with Crippen molar-refractivity contribution in [2.45, 2.75) is 46.2 Å². The van der Waals surface area contributed by atoms with Gasteiger partial charge in [0.05, 0.1) is 0 Å². The average Bonchev–Trinajstić information content (AvgIpc) is 2.73. The van der Waals surface area contributed by atoms with Crippen molar-refractivity contribution in [1.29, 1.82) is 0 Å². The molecule has 1 heteroatoms. The van der Waals surface area contributed by atoms with Crippen LogP contribution in [0.15, 0.2) is 52.8 Å². The third-order valence-electron chi connectivity index (χ3n) is 4.51. The van der Waals surface area contributed by atoms with Crippen LogP contribution in [0.25, 0.3) is 0 Å². The summed E-state index contributed by atoms with van der Waals surface area (Å²) in [5.74, 6) is 0. The number of rotatable bonds is 4. The summed E-state index contributed by atoms with van der Waals surface area (Å²) in [6.45, 7) is 9.35. The molecule has 1 aromatic carbocycles. The van der Waals surface area contributed by atoms with Crippen LogP contribution in [-0.2, 0) is 0 Å². The molecule has 0 aliphatic heterocycles. The third-order valence-corrected chi connectivity index (χ3v) is 10.1. The minimum Gasteiger partial charge on any atom is -0.0694 e. The van der Waals surface area contributed by atoms with Crippen LogP contribution < -0.4 is 5.19 Å². The van der Waals surface area contributed by atoms with Crippen molar-refractivity contribution in [2.24, 2.45) is 0 Å². The van der Waals surface area contributed by atoms with Crippen LogP contribution >= 0.6 is 0 Å². The molecule has 0 N–H and O–H groups in total. The van der Waals surface area contributed by atoms with Gasteiger partial charge in [0.1, 0.15) is 8.07 Å². The molecule has 0 heterocycles. The first kappa shape index (κ1) is 13.4. The first-order valence-electron chi connectivity index (χ1n) is 7.07. The molecule has 0 atom stereocenters. The summed E-state index contributed by atoms with van der Waals surface area (Å²) < 4.78 is 0. The van der Waals surface area contributed by atoms with Gasteiger partial charge in [0, 0.05) is 0 Å². The number of allylic oxidation sites excluding steroid dienone is 4. The maximum atomic E-state index is 2.39. The quantitative estimate of drug-likeness (QED) is 0.691. The van der Waals surface area contributed by atoms with E-state index in [1.165, 1.54) is 24.1 Å². The molecule has 1 aliphatic rings. The highest BCUT2D eigenvalue weighted by molar-refractivity contribution is 6.97. The second kappa shape index (κ2) is 5.27. The Morgan fingerprint density at radius 2 is 1.61 bits per heavy atom. The Kier molecular flexibility index (Phi) is 3.91. The molecular formula is C17H24Si. The monoisotopic (exact) mass is 256 g/mol. The summed E-state index contributed by atoms with van der Waals surface area (Å²) in [6.07, 6.45) is 3.61. The smallest absolute Gasteiger partial charge is 0.0694 e. The molecule has 0 saturated carbocycles. The average molecular weight is 256 g/mol. The number of benzene rings is 1. The highest BCUT2D eigenvalue weighted by Gasteiger charge is 2.37. The standard InChI is InChI=1S/C17H24Si/c1-5-18(6-2,16-10-8-7-9-11-16)17-13-14(3)12-15(17)4/h7-12H,5-6,13H2,1-4H3. The molecule has 18 heavy (non-hydrogen) atoms. The number of hydrogen-bond donors (Lipinski definition) is 0. The lowest BCUT2D eigenvalue weighted by Gasteiger charge is -2.33. The van der Waals surface area contributed by atoms with E-state index < -0.39 is 8.07 Å². The Bertz CT molecular complexity index is 476. The Morgan fingerprint density at radius 3 is 2.06 bits per heavy atom. The fourth-order valence-corrected chi connectivity index (χ4v) is 8.28. The molecule has 0 amide bonds. The Hall–Kier alpha value is -1.08. The Balaban J connectivity index is 2.50. The minimum absolute atomic E-state index is 1.22. The fourth-order valence-electron chi connectivity index (χ4n) is 3.49. The molecule has 0 saturated heterocycles. The van der Waals surface area contributed by atoms with Gasteiger partial charge in [0.2, 0.25) is 0 Å². The molecule has 1 aliphatic carbocycles. The minimum atomic E-state index is -1.46. The van der Waals surface area contributed by atoms with E-state index in [1.807, 2.05) is 0 Å². The molecular weight excluding hydrogens is 232 g/mol. The normalized spacial score (nSPS) is 16.1. The van der Waals surface area contributed by atoms with Crippen molar-refractivity contribution < 1.29 is 0 Å². The number of hydrogen-bond acceptors (Lipinski definition) is 0.